The van der Waals surface area contributed by atoms with Crippen molar-refractivity contribution in [1.82, 2.24) is 5.32 Å². The molecular weight excluding hydrogens is 274 g/mol. The molecule has 1 fully saturated rings. The summed E-state index contributed by atoms with van der Waals surface area (Å²) in [6.07, 6.45) is 9.54. The number of thiophene rings is 1. The molecule has 0 radical (unpaired) electrons. The minimum atomic E-state index is 0.467. The molecule has 2 rings (SSSR count). The molecule has 1 nitrogen and oxygen atoms in total. The third-order valence-corrected chi connectivity index (χ3v) is 6.00. The predicted molar refractivity (Wildman–Crippen MR) is 86.3 cm³/mol. The summed E-state index contributed by atoms with van der Waals surface area (Å²) in [5.41, 5.74) is 1.23. The van der Waals surface area contributed by atoms with E-state index in [9.17, 15) is 0 Å². The highest BCUT2D eigenvalue weighted by Gasteiger charge is 2.23. The molecule has 1 unspecified atom stereocenters. The standard InChI is InChI=1S/C16H26ClNS/c1-3-9-18-14(10-13-7-5-4-6-8-13)16-15(17)12(2)11-19-16/h11,13-14,18H,3-10H2,1-2H3. The lowest BCUT2D eigenvalue weighted by Crippen LogP contribution is -2.25. The van der Waals surface area contributed by atoms with Gasteiger partial charge < -0.3 is 5.32 Å². The van der Waals surface area contributed by atoms with Crippen molar-refractivity contribution in [2.75, 3.05) is 6.54 Å². The van der Waals surface area contributed by atoms with Crippen molar-refractivity contribution in [1.29, 1.82) is 0 Å². The summed E-state index contributed by atoms with van der Waals surface area (Å²) in [6, 6.07) is 0.467. The van der Waals surface area contributed by atoms with Crippen molar-refractivity contribution in [3.8, 4) is 0 Å². The van der Waals surface area contributed by atoms with E-state index in [2.05, 4.69) is 24.5 Å². The molecule has 1 atom stereocenters. The van der Waals surface area contributed by atoms with Gasteiger partial charge in [-0.15, -0.1) is 11.3 Å². The molecule has 0 saturated heterocycles. The number of halogens is 1. The zero-order valence-corrected chi connectivity index (χ0v) is 13.7. The van der Waals surface area contributed by atoms with E-state index in [1.807, 2.05) is 11.3 Å². The van der Waals surface area contributed by atoms with Crippen LogP contribution in [0.25, 0.3) is 0 Å². The molecule has 1 N–H and O–H groups in total. The van der Waals surface area contributed by atoms with Crippen LogP contribution in [0.4, 0.5) is 0 Å². The van der Waals surface area contributed by atoms with Gasteiger partial charge in [0, 0.05) is 10.9 Å². The Balaban J connectivity index is 2.04. The maximum Gasteiger partial charge on any atom is 0.0590 e. The fraction of sp³-hybridized carbons (Fsp3) is 0.750. The van der Waals surface area contributed by atoms with Crippen LogP contribution in [0.1, 0.15) is 68.4 Å². The third kappa shape index (κ3) is 4.21. The van der Waals surface area contributed by atoms with Gasteiger partial charge in [-0.3, -0.25) is 0 Å². The van der Waals surface area contributed by atoms with Crippen molar-refractivity contribution in [2.24, 2.45) is 5.92 Å². The second-order valence-corrected chi connectivity index (χ2v) is 7.13. The van der Waals surface area contributed by atoms with Crippen molar-refractivity contribution in [3.05, 3.63) is 20.8 Å². The molecule has 3 heteroatoms. The quantitative estimate of drug-likeness (QED) is 0.708. The molecule has 1 saturated carbocycles. The molecule has 1 aromatic rings. The smallest absolute Gasteiger partial charge is 0.0590 e. The minimum absolute atomic E-state index is 0.467. The van der Waals surface area contributed by atoms with E-state index in [-0.39, 0.29) is 0 Å². The lowest BCUT2D eigenvalue weighted by atomic mass is 9.84. The number of hydrogen-bond acceptors (Lipinski definition) is 2. The van der Waals surface area contributed by atoms with Gasteiger partial charge in [-0.1, -0.05) is 50.6 Å². The summed E-state index contributed by atoms with van der Waals surface area (Å²) in [4.78, 5) is 1.36. The van der Waals surface area contributed by atoms with Crippen molar-refractivity contribution >= 4 is 22.9 Å². The number of aryl methyl sites for hydroxylation is 1. The maximum absolute atomic E-state index is 6.47. The Bertz CT molecular complexity index is 382. The lowest BCUT2D eigenvalue weighted by Gasteiger charge is -2.27. The molecule has 108 valence electrons. The Labute approximate surface area is 126 Å². The predicted octanol–water partition coefficient (Wildman–Crippen LogP) is 5.72. The topological polar surface area (TPSA) is 12.0 Å². The number of nitrogens with one attached hydrogen (secondary N) is 1. The van der Waals surface area contributed by atoms with Crippen LogP contribution in [0.2, 0.25) is 5.02 Å². The van der Waals surface area contributed by atoms with Crippen LogP contribution in [0.3, 0.4) is 0 Å². The number of rotatable bonds is 6. The second-order valence-electron chi connectivity index (χ2n) is 5.84. The van der Waals surface area contributed by atoms with Crippen LogP contribution in [0.15, 0.2) is 5.38 Å². The minimum Gasteiger partial charge on any atom is -0.309 e. The molecule has 0 amide bonds. The van der Waals surface area contributed by atoms with Gasteiger partial charge in [0.15, 0.2) is 0 Å². The van der Waals surface area contributed by atoms with E-state index >= 15 is 0 Å². The van der Waals surface area contributed by atoms with Crippen LogP contribution in [-0.4, -0.2) is 6.54 Å². The van der Waals surface area contributed by atoms with Crippen LogP contribution in [0.5, 0.6) is 0 Å². The Morgan fingerprint density at radius 3 is 2.68 bits per heavy atom. The van der Waals surface area contributed by atoms with E-state index < -0.39 is 0 Å². The molecule has 0 aliphatic heterocycles. The molecule has 1 aromatic heterocycles. The Kier molecular flexibility index (Phi) is 6.18. The summed E-state index contributed by atoms with van der Waals surface area (Å²) in [5, 5.41) is 6.90. The molecule has 19 heavy (non-hydrogen) atoms. The van der Waals surface area contributed by atoms with Gasteiger partial charge in [-0.2, -0.15) is 0 Å². The van der Waals surface area contributed by atoms with E-state index in [0.717, 1.165) is 17.5 Å². The van der Waals surface area contributed by atoms with Gasteiger partial charge in [0.05, 0.1) is 5.02 Å². The molecule has 0 aromatic carbocycles. The fourth-order valence-electron chi connectivity index (χ4n) is 3.04. The Hall–Kier alpha value is -0.0500. The van der Waals surface area contributed by atoms with Crippen molar-refractivity contribution < 1.29 is 0 Å². The molecule has 1 heterocycles. The maximum atomic E-state index is 6.47. The largest absolute Gasteiger partial charge is 0.309 e. The second kappa shape index (κ2) is 7.66. The van der Waals surface area contributed by atoms with Gasteiger partial charge in [0.25, 0.3) is 0 Å². The molecular formula is C16H26ClNS. The Morgan fingerprint density at radius 2 is 2.11 bits per heavy atom. The summed E-state index contributed by atoms with van der Waals surface area (Å²) in [7, 11) is 0. The first-order valence-corrected chi connectivity index (χ1v) is 8.95. The zero-order valence-electron chi connectivity index (χ0n) is 12.2. The molecule has 1 aliphatic rings. The highest BCUT2D eigenvalue weighted by molar-refractivity contribution is 7.10. The van der Waals surface area contributed by atoms with Gasteiger partial charge in [-0.05, 0) is 43.2 Å². The third-order valence-electron chi connectivity index (χ3n) is 4.18. The molecule has 1 aliphatic carbocycles. The average Bonchev–Trinajstić information content (AvgIpc) is 2.76. The van der Waals surface area contributed by atoms with Gasteiger partial charge >= 0.3 is 0 Å². The highest BCUT2D eigenvalue weighted by Crippen LogP contribution is 2.38. The van der Waals surface area contributed by atoms with Crippen LogP contribution >= 0.6 is 22.9 Å². The first kappa shape index (κ1) is 15.3. The zero-order chi connectivity index (χ0) is 13.7. The average molecular weight is 300 g/mol. The van der Waals surface area contributed by atoms with E-state index in [1.54, 1.807) is 0 Å². The lowest BCUT2D eigenvalue weighted by molar-refractivity contribution is 0.301. The molecule has 0 bridgehead atoms. The first-order valence-electron chi connectivity index (χ1n) is 7.69. The molecule has 0 spiro atoms. The summed E-state index contributed by atoms with van der Waals surface area (Å²) in [5.74, 6) is 0.890. The Morgan fingerprint density at radius 1 is 1.37 bits per heavy atom. The van der Waals surface area contributed by atoms with Crippen LogP contribution < -0.4 is 5.32 Å². The highest BCUT2D eigenvalue weighted by atomic mass is 35.5. The van der Waals surface area contributed by atoms with E-state index in [1.165, 1.54) is 55.4 Å². The van der Waals surface area contributed by atoms with Gasteiger partial charge in [0.1, 0.15) is 0 Å². The fourth-order valence-corrected chi connectivity index (χ4v) is 4.46. The normalized spacial score (nSPS) is 18.7. The monoisotopic (exact) mass is 299 g/mol. The van der Waals surface area contributed by atoms with E-state index in [4.69, 9.17) is 11.6 Å². The van der Waals surface area contributed by atoms with E-state index in [0.29, 0.717) is 6.04 Å². The van der Waals surface area contributed by atoms with Crippen LogP contribution in [0, 0.1) is 12.8 Å². The first-order chi connectivity index (χ1) is 9.22. The van der Waals surface area contributed by atoms with Gasteiger partial charge in [-0.25, -0.2) is 0 Å². The van der Waals surface area contributed by atoms with Crippen LogP contribution in [-0.2, 0) is 0 Å². The van der Waals surface area contributed by atoms with Crippen molar-refractivity contribution in [2.45, 2.75) is 64.8 Å². The number of hydrogen-bond donors (Lipinski definition) is 1. The summed E-state index contributed by atoms with van der Waals surface area (Å²) >= 11 is 8.30. The van der Waals surface area contributed by atoms with Crippen molar-refractivity contribution in [3.63, 3.8) is 0 Å². The summed E-state index contributed by atoms with van der Waals surface area (Å²) in [6.45, 7) is 5.43. The SMILES string of the molecule is CCCNC(CC1CCCCC1)c1scc(C)c1Cl. The summed E-state index contributed by atoms with van der Waals surface area (Å²) < 4.78 is 0. The van der Waals surface area contributed by atoms with Gasteiger partial charge in [0.2, 0.25) is 0 Å².